The normalized spacial score (nSPS) is 12.7. The van der Waals surface area contributed by atoms with Gasteiger partial charge in [-0.25, -0.2) is 4.79 Å². The summed E-state index contributed by atoms with van der Waals surface area (Å²) in [4.78, 5) is 36.2. The summed E-state index contributed by atoms with van der Waals surface area (Å²) in [6, 6.07) is -1.09. The number of hydrogen-bond acceptors (Lipinski definition) is 8. The van der Waals surface area contributed by atoms with Gasteiger partial charge in [0.15, 0.2) is 0 Å². The van der Waals surface area contributed by atoms with Crippen LogP contribution in [0.15, 0.2) is 0 Å². The van der Waals surface area contributed by atoms with Crippen LogP contribution >= 0.6 is 0 Å². The molecule has 0 aliphatic heterocycles. The van der Waals surface area contributed by atoms with Crippen LogP contribution in [0.3, 0.4) is 0 Å². The lowest BCUT2D eigenvalue weighted by atomic mass is 10.1. The van der Waals surface area contributed by atoms with Crippen LogP contribution in [-0.4, -0.2) is 69.3 Å². The fourth-order valence-electron chi connectivity index (χ4n) is 3.35. The Balaban J connectivity index is 4.60. The lowest BCUT2D eigenvalue weighted by Gasteiger charge is -2.23. The number of primary amides is 1. The molecule has 194 valence electrons. The number of unbranched alkanes of at least 4 members (excludes halogenated alkanes) is 6. The van der Waals surface area contributed by atoms with Gasteiger partial charge in [0.1, 0.15) is 12.6 Å². The van der Waals surface area contributed by atoms with E-state index in [4.69, 9.17) is 27.7 Å². The number of carbonyl (C=O) groups is 3. The Morgan fingerprint density at radius 3 is 1.94 bits per heavy atom. The van der Waals surface area contributed by atoms with Gasteiger partial charge >= 0.3 is 6.09 Å². The van der Waals surface area contributed by atoms with Gasteiger partial charge in [-0.1, -0.05) is 25.7 Å². The highest BCUT2D eigenvalue weighted by Crippen LogP contribution is 2.06. The second-order valence-corrected chi connectivity index (χ2v) is 8.26. The van der Waals surface area contributed by atoms with E-state index in [2.05, 4.69) is 16.0 Å². The molecular formula is C22H47N7O4. The smallest absolute Gasteiger partial charge is 0.404 e. The largest absolute Gasteiger partial charge is 0.448 e. The standard InChI is InChI=1S/C22H47N7O4/c23-12-6-2-1-3-9-15-27-16-20(30)29-19(11-5-8-14-25)21(31)28-18(10-4-7-13-24)17-33-22(26)32/h18-19,27H,1-17,23-25H2,(H2,26,32)(H,28,31)(H,29,30). The quantitative estimate of drug-likeness (QED) is 0.105. The molecule has 0 rings (SSSR count). The van der Waals surface area contributed by atoms with Crippen molar-refractivity contribution in [2.75, 3.05) is 39.3 Å². The second kappa shape index (κ2) is 21.9. The number of nitrogens with two attached hydrogens (primary N) is 4. The van der Waals surface area contributed by atoms with Gasteiger partial charge in [-0.15, -0.1) is 0 Å². The van der Waals surface area contributed by atoms with Crippen LogP contribution in [0, 0.1) is 0 Å². The molecule has 0 aliphatic carbocycles. The summed E-state index contributed by atoms with van der Waals surface area (Å²) >= 11 is 0. The highest BCUT2D eigenvalue weighted by Gasteiger charge is 2.23. The van der Waals surface area contributed by atoms with Crippen LogP contribution in [0.4, 0.5) is 4.79 Å². The summed E-state index contributed by atoms with van der Waals surface area (Å²) in [5.74, 6) is -0.551. The van der Waals surface area contributed by atoms with Crippen molar-refractivity contribution in [3.8, 4) is 0 Å². The summed E-state index contributed by atoms with van der Waals surface area (Å²) in [6.07, 6.45) is 8.59. The maximum Gasteiger partial charge on any atom is 0.404 e. The fraction of sp³-hybridized carbons (Fsp3) is 0.864. The molecule has 2 atom stereocenters. The lowest BCUT2D eigenvalue weighted by molar-refractivity contribution is -0.129. The van der Waals surface area contributed by atoms with Crippen LogP contribution < -0.4 is 38.9 Å². The van der Waals surface area contributed by atoms with Crippen molar-refractivity contribution in [1.82, 2.24) is 16.0 Å². The molecule has 0 spiro atoms. The van der Waals surface area contributed by atoms with Crippen molar-refractivity contribution in [3.63, 3.8) is 0 Å². The number of nitrogens with one attached hydrogen (secondary N) is 3. The molecule has 0 bridgehead atoms. The molecule has 0 fully saturated rings. The SMILES string of the molecule is NCCCCCCCNCC(=O)NC(CCCCN)C(=O)NC(CCCCN)COC(N)=O. The van der Waals surface area contributed by atoms with E-state index in [0.717, 1.165) is 64.5 Å². The number of rotatable bonds is 22. The first-order valence-electron chi connectivity index (χ1n) is 12.3. The zero-order chi connectivity index (χ0) is 24.7. The topological polar surface area (TPSA) is 201 Å². The van der Waals surface area contributed by atoms with Crippen LogP contribution in [0.25, 0.3) is 0 Å². The molecule has 11 nitrogen and oxygen atoms in total. The van der Waals surface area contributed by atoms with Crippen LogP contribution in [0.1, 0.15) is 70.6 Å². The molecule has 0 aromatic carbocycles. The van der Waals surface area contributed by atoms with E-state index in [1.54, 1.807) is 0 Å². The van der Waals surface area contributed by atoms with Gasteiger partial charge in [0, 0.05) is 0 Å². The Morgan fingerprint density at radius 1 is 0.727 bits per heavy atom. The third-order valence-electron chi connectivity index (χ3n) is 5.22. The van der Waals surface area contributed by atoms with E-state index in [1.165, 1.54) is 0 Å². The molecule has 0 saturated heterocycles. The highest BCUT2D eigenvalue weighted by molar-refractivity contribution is 5.88. The van der Waals surface area contributed by atoms with Gasteiger partial charge in [0.25, 0.3) is 0 Å². The summed E-state index contributed by atoms with van der Waals surface area (Å²) in [5, 5.41) is 8.81. The minimum Gasteiger partial charge on any atom is -0.448 e. The molecule has 2 unspecified atom stereocenters. The molecule has 11 N–H and O–H groups in total. The monoisotopic (exact) mass is 473 g/mol. The van der Waals surface area contributed by atoms with E-state index in [-0.39, 0.29) is 25.0 Å². The minimum absolute atomic E-state index is 0.0258. The molecule has 0 aromatic heterocycles. The number of carbonyl (C=O) groups excluding carboxylic acids is 3. The first kappa shape index (κ1) is 31.0. The average Bonchev–Trinajstić information content (AvgIpc) is 2.78. The van der Waals surface area contributed by atoms with E-state index < -0.39 is 18.2 Å². The molecule has 0 saturated carbocycles. The highest BCUT2D eigenvalue weighted by atomic mass is 16.5. The minimum atomic E-state index is -0.897. The van der Waals surface area contributed by atoms with Crippen molar-refractivity contribution >= 4 is 17.9 Å². The fourth-order valence-corrected chi connectivity index (χ4v) is 3.35. The predicted molar refractivity (Wildman–Crippen MR) is 130 cm³/mol. The van der Waals surface area contributed by atoms with Crippen molar-refractivity contribution in [2.45, 2.75) is 82.7 Å². The Kier molecular flexibility index (Phi) is 20.6. The Bertz CT molecular complexity index is 523. The van der Waals surface area contributed by atoms with Crippen LogP contribution in [0.2, 0.25) is 0 Å². The third-order valence-corrected chi connectivity index (χ3v) is 5.22. The van der Waals surface area contributed by atoms with Gasteiger partial charge in [0.2, 0.25) is 11.8 Å². The third kappa shape index (κ3) is 19.2. The number of ether oxygens (including phenoxy) is 1. The summed E-state index contributed by atoms with van der Waals surface area (Å²) < 4.78 is 4.87. The van der Waals surface area contributed by atoms with E-state index in [9.17, 15) is 14.4 Å². The number of hydrogen-bond donors (Lipinski definition) is 7. The van der Waals surface area contributed by atoms with Gasteiger partial charge < -0.3 is 43.6 Å². The van der Waals surface area contributed by atoms with Crippen molar-refractivity contribution in [3.05, 3.63) is 0 Å². The first-order valence-corrected chi connectivity index (χ1v) is 12.3. The molecule has 0 aromatic rings. The van der Waals surface area contributed by atoms with E-state index >= 15 is 0 Å². The van der Waals surface area contributed by atoms with E-state index in [1.807, 2.05) is 0 Å². The average molecular weight is 474 g/mol. The summed E-state index contributed by atoms with van der Waals surface area (Å²) in [6.45, 7) is 2.65. The van der Waals surface area contributed by atoms with Crippen molar-refractivity contribution in [2.24, 2.45) is 22.9 Å². The molecule has 0 radical (unpaired) electrons. The van der Waals surface area contributed by atoms with Crippen LogP contribution in [-0.2, 0) is 14.3 Å². The zero-order valence-corrected chi connectivity index (χ0v) is 20.1. The maximum atomic E-state index is 12.9. The summed E-state index contributed by atoms with van der Waals surface area (Å²) in [7, 11) is 0. The van der Waals surface area contributed by atoms with Gasteiger partial charge in [-0.3, -0.25) is 9.59 Å². The Labute approximate surface area is 198 Å². The maximum absolute atomic E-state index is 12.9. The first-order chi connectivity index (χ1) is 15.9. The number of amides is 3. The zero-order valence-electron chi connectivity index (χ0n) is 20.1. The molecule has 0 heterocycles. The molecular weight excluding hydrogens is 426 g/mol. The summed E-state index contributed by atoms with van der Waals surface area (Å²) in [5.41, 5.74) is 21.6. The second-order valence-electron chi connectivity index (χ2n) is 8.26. The Morgan fingerprint density at radius 2 is 1.30 bits per heavy atom. The molecule has 3 amide bonds. The Hall–Kier alpha value is -1.95. The predicted octanol–water partition coefficient (Wildman–Crippen LogP) is -0.192. The van der Waals surface area contributed by atoms with E-state index in [0.29, 0.717) is 32.4 Å². The molecule has 0 aliphatic rings. The van der Waals surface area contributed by atoms with Crippen molar-refractivity contribution < 1.29 is 19.1 Å². The van der Waals surface area contributed by atoms with Gasteiger partial charge in [-0.05, 0) is 71.1 Å². The van der Waals surface area contributed by atoms with Gasteiger partial charge in [-0.2, -0.15) is 0 Å². The molecule has 11 heteroatoms. The van der Waals surface area contributed by atoms with Gasteiger partial charge in [0.05, 0.1) is 12.6 Å². The molecule has 33 heavy (non-hydrogen) atoms. The van der Waals surface area contributed by atoms with Crippen LogP contribution in [0.5, 0.6) is 0 Å². The van der Waals surface area contributed by atoms with Crippen molar-refractivity contribution in [1.29, 1.82) is 0 Å². The lowest BCUT2D eigenvalue weighted by Crippen LogP contribution is -2.52.